The molecule has 0 spiro atoms. The van der Waals surface area contributed by atoms with Gasteiger partial charge in [0.25, 0.3) is 5.91 Å². The standard InChI is InChI=1S/C41H48N8O8.2CH4.4H2S/c1-23(50)35(43-22-57-56-5)39(51)49-17-7-9-34(49)38-44-30-15-14-28(20-31(30)45-38)26-10-11-27-19-29(13-12-25(27)18-26)32-21-42-37(46-32)33-8-6-16-48(33)40(52)36(24(2)54-3)47-41(53)55-4;;;;;;/h10-15,18-24,33-36,50H,6-9,16-17H2,1-5H3,(H,42,46)(H,44,45)(H,47,53);2*1H4;4*1H2/t23-,24-,33+,34+,35+,36+;;;;;;/m1....../s1. The molecule has 348 valence electrons. The lowest BCUT2D eigenvalue weighted by Gasteiger charge is -2.30. The zero-order valence-corrected chi connectivity index (χ0v) is 38.6. The molecule has 20 heteroatoms. The van der Waals surface area contributed by atoms with Gasteiger partial charge in [-0.05, 0) is 85.7 Å². The van der Waals surface area contributed by atoms with Crippen LogP contribution < -0.4 is 5.32 Å². The van der Waals surface area contributed by atoms with Crippen molar-refractivity contribution in [2.75, 3.05) is 34.4 Å². The van der Waals surface area contributed by atoms with E-state index in [1.165, 1.54) is 28.3 Å². The van der Waals surface area contributed by atoms with Gasteiger partial charge in [0.15, 0.2) is 6.04 Å². The molecule has 4 N–H and O–H groups in total. The molecule has 0 aliphatic carbocycles. The summed E-state index contributed by atoms with van der Waals surface area (Å²) in [4.78, 5) is 72.4. The topological polar surface area (TPSA) is 197 Å². The van der Waals surface area contributed by atoms with Crippen LogP contribution in [0.2, 0.25) is 0 Å². The maximum absolute atomic E-state index is 13.7. The fraction of sp³-hybridized carbons (Fsp3) is 0.442. The van der Waals surface area contributed by atoms with Crippen LogP contribution in [0.1, 0.15) is 78.1 Å². The first-order valence-corrected chi connectivity index (χ1v) is 19.1. The van der Waals surface area contributed by atoms with Crippen LogP contribution >= 0.6 is 54.0 Å². The maximum atomic E-state index is 13.7. The molecule has 2 fully saturated rings. The second-order valence-electron chi connectivity index (χ2n) is 14.4. The minimum atomic E-state index is -1.03. The molecule has 2 aromatic heterocycles. The van der Waals surface area contributed by atoms with E-state index in [1.54, 1.807) is 22.9 Å². The SMILES string of the molecule is C.C.COOC=N[C@H](C(=O)N1CCC[C@H]1c1nc2ccc(-c3ccc4cc(-c5cnc([C@@H]6CCCN6C(=O)[C@@H](NC(=O)OC)[C@@H](C)OC)[nH]5)ccc4c3)cc2[nH]1)[C@@H](C)O.S.S.S.S. The third-order valence-corrected chi connectivity index (χ3v) is 10.9. The van der Waals surface area contributed by atoms with E-state index in [0.717, 1.165) is 76.3 Å². The van der Waals surface area contributed by atoms with Crippen molar-refractivity contribution in [2.45, 2.75) is 90.8 Å². The van der Waals surface area contributed by atoms with Gasteiger partial charge in [0.1, 0.15) is 17.7 Å². The quantitative estimate of drug-likeness (QED) is 0.0416. The largest absolute Gasteiger partial charge is 0.453 e. The third kappa shape index (κ3) is 12.2. The van der Waals surface area contributed by atoms with Crippen molar-refractivity contribution in [3.05, 3.63) is 72.4 Å². The van der Waals surface area contributed by atoms with Crippen molar-refractivity contribution in [2.24, 2.45) is 4.99 Å². The molecule has 0 bridgehead atoms. The Morgan fingerprint density at radius 1 is 0.825 bits per heavy atom. The summed E-state index contributed by atoms with van der Waals surface area (Å²) in [5.41, 5.74) is 5.51. The van der Waals surface area contributed by atoms with Crippen LogP contribution in [0, 0.1) is 0 Å². The van der Waals surface area contributed by atoms with Crippen molar-refractivity contribution < 1.29 is 38.7 Å². The first-order valence-electron chi connectivity index (χ1n) is 19.1. The number of benzene rings is 3. The number of aromatic amines is 2. The second-order valence-corrected chi connectivity index (χ2v) is 14.4. The van der Waals surface area contributed by atoms with Gasteiger partial charge in [0, 0.05) is 25.8 Å². The molecule has 3 aromatic carbocycles. The number of alkyl carbamates (subject to hydrolysis) is 1. The number of rotatable bonds is 13. The number of amides is 3. The lowest BCUT2D eigenvalue weighted by atomic mass is 9.99. The molecular weight excluding hydrogens is 885 g/mol. The predicted octanol–water partition coefficient (Wildman–Crippen LogP) is 6.94. The molecule has 0 radical (unpaired) electrons. The monoisotopic (exact) mass is 948 g/mol. The first kappa shape index (κ1) is 56.6. The maximum Gasteiger partial charge on any atom is 0.407 e. The number of aliphatic hydroxyl groups excluding tert-OH is 1. The summed E-state index contributed by atoms with van der Waals surface area (Å²) < 4.78 is 10.2. The Morgan fingerprint density at radius 2 is 1.41 bits per heavy atom. The Labute approximate surface area is 397 Å². The number of nitrogens with zero attached hydrogens (tertiary/aromatic N) is 5. The third-order valence-electron chi connectivity index (χ3n) is 10.9. The molecule has 0 unspecified atom stereocenters. The fourth-order valence-electron chi connectivity index (χ4n) is 7.82. The molecule has 63 heavy (non-hydrogen) atoms. The number of methoxy groups -OCH3 is 2. The average Bonchev–Trinajstić information content (AvgIpc) is 4.06. The Morgan fingerprint density at radius 3 is 2.03 bits per heavy atom. The van der Waals surface area contributed by atoms with Crippen molar-refractivity contribution in [3.63, 3.8) is 0 Å². The zero-order chi connectivity index (χ0) is 40.2. The number of nitrogens with one attached hydrogen (secondary N) is 3. The highest BCUT2D eigenvalue weighted by Gasteiger charge is 2.39. The van der Waals surface area contributed by atoms with E-state index in [9.17, 15) is 19.5 Å². The summed E-state index contributed by atoms with van der Waals surface area (Å²) in [6.07, 6.45) is 3.62. The van der Waals surface area contributed by atoms with E-state index >= 15 is 0 Å². The lowest BCUT2D eigenvalue weighted by Crippen LogP contribution is -2.54. The summed E-state index contributed by atoms with van der Waals surface area (Å²) in [5.74, 6) is 0.820. The number of ether oxygens (including phenoxy) is 2. The van der Waals surface area contributed by atoms with Crippen LogP contribution in [0.4, 0.5) is 4.79 Å². The van der Waals surface area contributed by atoms with E-state index < -0.39 is 30.4 Å². The number of carbonyl (C=O) groups is 3. The summed E-state index contributed by atoms with van der Waals surface area (Å²) >= 11 is 0. The molecule has 5 aromatic rings. The van der Waals surface area contributed by atoms with Crippen LogP contribution in [0.3, 0.4) is 0 Å². The highest BCUT2D eigenvalue weighted by atomic mass is 32.1. The lowest BCUT2D eigenvalue weighted by molar-refractivity contribution is -0.188. The minimum Gasteiger partial charge on any atom is -0.453 e. The van der Waals surface area contributed by atoms with Gasteiger partial charge in [0.2, 0.25) is 12.3 Å². The number of fused-ring (bicyclic) bond motifs is 2. The number of hydrogen-bond acceptors (Lipinski definition) is 11. The molecule has 0 saturated carbocycles. The van der Waals surface area contributed by atoms with Gasteiger partial charge in [0.05, 0.1) is 61.4 Å². The fourth-order valence-corrected chi connectivity index (χ4v) is 7.82. The first-order chi connectivity index (χ1) is 27.6. The van der Waals surface area contributed by atoms with Gasteiger partial charge in [-0.2, -0.15) is 58.9 Å². The molecule has 6 atom stereocenters. The van der Waals surface area contributed by atoms with E-state index in [0.29, 0.717) is 24.7 Å². The normalized spacial score (nSPS) is 17.4. The second kappa shape index (κ2) is 25.2. The Hall–Kier alpha value is -4.44. The van der Waals surface area contributed by atoms with Crippen LogP contribution in [0.25, 0.3) is 44.2 Å². The molecule has 2 aliphatic heterocycles. The molecule has 3 amide bonds. The van der Waals surface area contributed by atoms with Gasteiger partial charge >= 0.3 is 6.09 Å². The molecule has 16 nitrogen and oxygen atoms in total. The van der Waals surface area contributed by atoms with Gasteiger partial charge in [-0.1, -0.05) is 45.2 Å². The van der Waals surface area contributed by atoms with E-state index in [1.807, 2.05) is 12.1 Å². The number of aliphatic imine (C=N–C) groups is 1. The minimum absolute atomic E-state index is 0. The smallest absolute Gasteiger partial charge is 0.407 e. The van der Waals surface area contributed by atoms with Crippen molar-refractivity contribution in [1.82, 2.24) is 35.1 Å². The van der Waals surface area contributed by atoms with Crippen molar-refractivity contribution in [1.29, 1.82) is 0 Å². The van der Waals surface area contributed by atoms with E-state index in [-0.39, 0.29) is 92.7 Å². The molecular formula is C43H64N8O8S4. The van der Waals surface area contributed by atoms with Gasteiger partial charge in [-0.25, -0.2) is 19.8 Å². The van der Waals surface area contributed by atoms with Crippen LogP contribution in [0.5, 0.6) is 0 Å². The van der Waals surface area contributed by atoms with Crippen LogP contribution in [-0.2, 0) is 28.8 Å². The Bertz CT molecular complexity index is 2290. The highest BCUT2D eigenvalue weighted by molar-refractivity contribution is 7.59. The number of carbonyl (C=O) groups excluding carboxylic acids is 3. The molecule has 7 rings (SSSR count). The summed E-state index contributed by atoms with van der Waals surface area (Å²) in [7, 11) is 4.09. The number of aliphatic hydroxyl groups is 1. The molecule has 4 heterocycles. The number of imidazole rings is 2. The number of aromatic nitrogens is 4. The van der Waals surface area contributed by atoms with Crippen molar-refractivity contribution >= 4 is 100 Å². The van der Waals surface area contributed by atoms with Gasteiger partial charge in [-0.3, -0.25) is 9.59 Å². The van der Waals surface area contributed by atoms with Gasteiger partial charge in [-0.15, -0.1) is 0 Å². The van der Waals surface area contributed by atoms with Crippen molar-refractivity contribution in [3.8, 4) is 22.4 Å². The summed E-state index contributed by atoms with van der Waals surface area (Å²) in [6, 6.07) is 16.2. The Kier molecular flexibility index (Phi) is 22.6. The molecule has 2 saturated heterocycles. The van der Waals surface area contributed by atoms with Gasteiger partial charge < -0.3 is 44.6 Å². The number of hydrogen-bond donors (Lipinski definition) is 4. The zero-order valence-electron chi connectivity index (χ0n) is 34.6. The number of likely N-dealkylation sites (tertiary alicyclic amines) is 2. The predicted molar refractivity (Wildman–Crippen MR) is 267 cm³/mol. The number of H-pyrrole nitrogens is 2. The van der Waals surface area contributed by atoms with E-state index in [2.05, 4.69) is 67.6 Å². The molecule has 2 aliphatic rings. The highest BCUT2D eigenvalue weighted by Crippen LogP contribution is 2.36. The summed E-state index contributed by atoms with van der Waals surface area (Å²) in [6.45, 7) is 4.32. The average molecular weight is 949 g/mol. The Balaban J connectivity index is 0.00000331. The van der Waals surface area contributed by atoms with E-state index in [4.69, 9.17) is 24.3 Å². The van der Waals surface area contributed by atoms with Crippen LogP contribution in [-0.4, -0.2) is 118 Å². The van der Waals surface area contributed by atoms with Crippen LogP contribution in [0.15, 0.2) is 65.8 Å². The summed E-state index contributed by atoms with van der Waals surface area (Å²) in [5, 5.41) is 15.0.